The van der Waals surface area contributed by atoms with Crippen molar-refractivity contribution in [3.8, 4) is 11.9 Å². The van der Waals surface area contributed by atoms with Gasteiger partial charge in [-0.25, -0.2) is 0 Å². The van der Waals surface area contributed by atoms with Gasteiger partial charge in [-0.2, -0.15) is 5.26 Å². The number of hydrogen-bond acceptors (Lipinski definition) is 4. The monoisotopic (exact) mass is 351 g/mol. The summed E-state index contributed by atoms with van der Waals surface area (Å²) in [6.07, 6.45) is 4.27. The van der Waals surface area contributed by atoms with Crippen molar-refractivity contribution in [1.29, 1.82) is 5.26 Å². The van der Waals surface area contributed by atoms with Crippen LogP contribution in [0.5, 0.6) is 5.88 Å². The SMILES string of the molecule is CCCCCn1c(O)c(C=Nc2cc(C)ccc2C)c(C)c(C#N)c1=O. The van der Waals surface area contributed by atoms with Crippen LogP contribution in [0.3, 0.4) is 0 Å². The molecule has 1 aromatic carbocycles. The lowest BCUT2D eigenvalue weighted by atomic mass is 10.1. The van der Waals surface area contributed by atoms with E-state index in [9.17, 15) is 15.2 Å². The highest BCUT2D eigenvalue weighted by atomic mass is 16.3. The summed E-state index contributed by atoms with van der Waals surface area (Å²) >= 11 is 0. The van der Waals surface area contributed by atoms with E-state index in [4.69, 9.17) is 0 Å². The van der Waals surface area contributed by atoms with Gasteiger partial charge in [0.25, 0.3) is 5.56 Å². The van der Waals surface area contributed by atoms with Crippen LogP contribution in [0.2, 0.25) is 0 Å². The number of nitrogens with zero attached hydrogens (tertiary/aromatic N) is 3. The minimum atomic E-state index is -0.442. The molecule has 0 saturated carbocycles. The molecule has 0 aliphatic heterocycles. The molecule has 1 aromatic heterocycles. The second-order valence-corrected chi connectivity index (χ2v) is 6.56. The van der Waals surface area contributed by atoms with E-state index in [0.717, 1.165) is 36.1 Å². The first-order chi connectivity index (χ1) is 12.4. The number of aromatic nitrogens is 1. The molecule has 0 unspecified atom stereocenters. The molecule has 2 aromatic rings. The Labute approximate surface area is 154 Å². The van der Waals surface area contributed by atoms with Gasteiger partial charge in [-0.05, 0) is 49.9 Å². The maximum atomic E-state index is 12.5. The fraction of sp³-hybridized carbons (Fsp3) is 0.381. The van der Waals surface area contributed by atoms with Crippen LogP contribution in [0.25, 0.3) is 0 Å². The molecule has 0 saturated heterocycles. The van der Waals surface area contributed by atoms with E-state index in [1.165, 1.54) is 4.57 Å². The van der Waals surface area contributed by atoms with Gasteiger partial charge in [-0.1, -0.05) is 31.9 Å². The highest BCUT2D eigenvalue weighted by Gasteiger charge is 2.17. The van der Waals surface area contributed by atoms with Crippen LogP contribution >= 0.6 is 0 Å². The maximum absolute atomic E-state index is 12.5. The molecule has 1 N–H and O–H groups in total. The first-order valence-electron chi connectivity index (χ1n) is 8.88. The molecule has 0 bridgehead atoms. The van der Waals surface area contributed by atoms with Crippen molar-refractivity contribution in [2.45, 2.75) is 53.5 Å². The van der Waals surface area contributed by atoms with Crippen LogP contribution < -0.4 is 5.56 Å². The second kappa shape index (κ2) is 8.48. The Hall–Kier alpha value is -2.87. The zero-order valence-electron chi connectivity index (χ0n) is 15.8. The average molecular weight is 351 g/mol. The molecule has 1 heterocycles. The lowest BCUT2D eigenvalue weighted by molar-refractivity contribution is 0.398. The smallest absolute Gasteiger partial charge is 0.271 e. The van der Waals surface area contributed by atoms with Crippen molar-refractivity contribution in [2.24, 2.45) is 4.99 Å². The molecule has 0 fully saturated rings. The Morgan fingerprint density at radius 3 is 2.65 bits per heavy atom. The molecule has 5 nitrogen and oxygen atoms in total. The number of unbranched alkanes of at least 4 members (excludes halogenated alkanes) is 2. The van der Waals surface area contributed by atoms with Gasteiger partial charge in [0.05, 0.1) is 11.3 Å². The Morgan fingerprint density at radius 1 is 1.27 bits per heavy atom. The summed E-state index contributed by atoms with van der Waals surface area (Å²) in [5.41, 5.74) is 3.39. The molecular formula is C21H25N3O2. The predicted molar refractivity (Wildman–Crippen MR) is 105 cm³/mol. The summed E-state index contributed by atoms with van der Waals surface area (Å²) in [5, 5.41) is 20.0. The molecule has 0 atom stereocenters. The van der Waals surface area contributed by atoms with Gasteiger partial charge in [0.15, 0.2) is 0 Å². The van der Waals surface area contributed by atoms with Crippen molar-refractivity contribution in [3.63, 3.8) is 0 Å². The Morgan fingerprint density at radius 2 is 2.00 bits per heavy atom. The lowest BCUT2D eigenvalue weighted by Crippen LogP contribution is -2.25. The zero-order valence-corrected chi connectivity index (χ0v) is 15.8. The summed E-state index contributed by atoms with van der Waals surface area (Å²) in [6, 6.07) is 7.93. The van der Waals surface area contributed by atoms with E-state index in [-0.39, 0.29) is 11.4 Å². The van der Waals surface area contributed by atoms with Crippen LogP contribution in [0.15, 0.2) is 28.0 Å². The van der Waals surface area contributed by atoms with E-state index in [2.05, 4.69) is 11.9 Å². The topological polar surface area (TPSA) is 78.4 Å². The molecular weight excluding hydrogens is 326 g/mol. The minimum absolute atomic E-state index is 0.0571. The molecule has 0 radical (unpaired) electrons. The number of aromatic hydroxyl groups is 1. The number of aryl methyl sites for hydroxylation is 2. The van der Waals surface area contributed by atoms with E-state index >= 15 is 0 Å². The van der Waals surface area contributed by atoms with Gasteiger partial charge in [-0.3, -0.25) is 14.4 Å². The van der Waals surface area contributed by atoms with Crippen LogP contribution in [-0.2, 0) is 6.54 Å². The summed E-state index contributed by atoms with van der Waals surface area (Å²) in [7, 11) is 0. The molecule has 26 heavy (non-hydrogen) atoms. The van der Waals surface area contributed by atoms with E-state index in [1.54, 1.807) is 13.1 Å². The van der Waals surface area contributed by atoms with Gasteiger partial charge in [0.1, 0.15) is 11.6 Å². The van der Waals surface area contributed by atoms with Gasteiger partial charge >= 0.3 is 0 Å². The Kier molecular flexibility index (Phi) is 6.35. The Balaban J connectivity index is 2.55. The number of pyridine rings is 1. The largest absolute Gasteiger partial charge is 0.494 e. The van der Waals surface area contributed by atoms with Gasteiger partial charge in [-0.15, -0.1) is 0 Å². The second-order valence-electron chi connectivity index (χ2n) is 6.56. The van der Waals surface area contributed by atoms with Crippen molar-refractivity contribution in [1.82, 2.24) is 4.57 Å². The highest BCUT2D eigenvalue weighted by molar-refractivity contribution is 5.87. The van der Waals surface area contributed by atoms with E-state index < -0.39 is 5.56 Å². The fourth-order valence-corrected chi connectivity index (χ4v) is 2.85. The van der Waals surface area contributed by atoms with Crippen LogP contribution in [0, 0.1) is 32.1 Å². The molecule has 0 aliphatic rings. The van der Waals surface area contributed by atoms with Crippen LogP contribution in [0.4, 0.5) is 5.69 Å². The van der Waals surface area contributed by atoms with Crippen molar-refractivity contribution < 1.29 is 5.11 Å². The maximum Gasteiger partial charge on any atom is 0.271 e. The third-order valence-corrected chi connectivity index (χ3v) is 4.53. The minimum Gasteiger partial charge on any atom is -0.494 e. The van der Waals surface area contributed by atoms with Crippen LogP contribution in [-0.4, -0.2) is 15.9 Å². The summed E-state index contributed by atoms with van der Waals surface area (Å²) in [5.74, 6) is -0.128. The van der Waals surface area contributed by atoms with E-state index in [1.807, 2.05) is 38.1 Å². The summed E-state index contributed by atoms with van der Waals surface area (Å²) in [6.45, 7) is 8.08. The first kappa shape index (κ1) is 19.5. The Bertz CT molecular complexity index is 934. The normalized spacial score (nSPS) is 11.0. The summed E-state index contributed by atoms with van der Waals surface area (Å²) in [4.78, 5) is 17.0. The lowest BCUT2D eigenvalue weighted by Gasteiger charge is -2.14. The summed E-state index contributed by atoms with van der Waals surface area (Å²) < 4.78 is 1.28. The van der Waals surface area contributed by atoms with Gasteiger partial charge in [0, 0.05) is 12.8 Å². The molecule has 0 spiro atoms. The number of benzene rings is 1. The number of hydrogen-bond donors (Lipinski definition) is 1. The third kappa shape index (κ3) is 4.02. The average Bonchev–Trinajstić information content (AvgIpc) is 2.61. The van der Waals surface area contributed by atoms with E-state index in [0.29, 0.717) is 17.7 Å². The zero-order chi connectivity index (χ0) is 19.3. The standard InChI is InChI=1S/C21H25N3O2/c1-5-6-7-10-24-20(25)17(12-22)16(4)18(21(24)26)13-23-19-11-14(2)8-9-15(19)3/h8-9,11,13,26H,5-7,10H2,1-4H3. The van der Waals surface area contributed by atoms with Gasteiger partial charge < -0.3 is 5.11 Å². The molecule has 0 aliphatic carbocycles. The number of aliphatic imine (C=N–C) groups is 1. The highest BCUT2D eigenvalue weighted by Crippen LogP contribution is 2.24. The molecule has 0 amide bonds. The van der Waals surface area contributed by atoms with Crippen molar-refractivity contribution >= 4 is 11.9 Å². The van der Waals surface area contributed by atoms with Crippen LogP contribution in [0.1, 0.15) is 54.0 Å². The molecule has 136 valence electrons. The van der Waals surface area contributed by atoms with Gasteiger partial charge in [0.2, 0.25) is 5.88 Å². The van der Waals surface area contributed by atoms with Crippen molar-refractivity contribution in [3.05, 3.63) is 56.4 Å². The molecule has 5 heteroatoms. The third-order valence-electron chi connectivity index (χ3n) is 4.53. The molecule has 2 rings (SSSR count). The predicted octanol–water partition coefficient (Wildman–Crippen LogP) is 4.29. The first-order valence-corrected chi connectivity index (χ1v) is 8.88. The number of nitriles is 1. The number of rotatable bonds is 6. The quantitative estimate of drug-likeness (QED) is 0.623. The fourth-order valence-electron chi connectivity index (χ4n) is 2.85. The van der Waals surface area contributed by atoms with Crippen molar-refractivity contribution in [2.75, 3.05) is 0 Å².